The molecule has 0 aromatic heterocycles. The van der Waals surface area contributed by atoms with Gasteiger partial charge in [-0.25, -0.2) is 9.59 Å². The van der Waals surface area contributed by atoms with Crippen molar-refractivity contribution in [3.05, 3.63) is 120 Å². The quantitative estimate of drug-likeness (QED) is 0.0567. The van der Waals surface area contributed by atoms with Gasteiger partial charge in [0.15, 0.2) is 11.6 Å². The van der Waals surface area contributed by atoms with E-state index in [2.05, 4.69) is 36.1 Å². The average molecular weight is 655 g/mol. The fraction of sp³-hybridized carbons (Fsp3) is 0.400. The number of carbonyl (C=O) groups excluding carboxylic acids is 4. The van der Waals surface area contributed by atoms with Gasteiger partial charge < -0.3 is 19.3 Å². The molecule has 0 heterocycles. The number of ketones is 2. The first-order valence-electron chi connectivity index (χ1n) is 17.0. The number of nitrogens with zero attached hydrogens (tertiary/aromatic N) is 2. The summed E-state index contributed by atoms with van der Waals surface area (Å²) in [5.41, 5.74) is 0.167. The van der Waals surface area contributed by atoms with Crippen LogP contribution in [-0.4, -0.2) is 85.8 Å². The Morgan fingerprint density at radius 3 is 1.27 bits per heavy atom. The van der Waals surface area contributed by atoms with E-state index in [0.29, 0.717) is 12.8 Å². The van der Waals surface area contributed by atoms with Gasteiger partial charge in [-0.15, -0.1) is 26.3 Å². The molecule has 0 saturated heterocycles. The van der Waals surface area contributed by atoms with Crippen molar-refractivity contribution in [1.29, 1.82) is 0 Å². The van der Waals surface area contributed by atoms with Crippen molar-refractivity contribution in [3.63, 3.8) is 0 Å². The second kappa shape index (κ2) is 20.8. The third-order valence-electron chi connectivity index (χ3n) is 8.31. The number of ether oxygens (including phenoxy) is 2. The minimum Gasteiger partial charge on any atom is -0.462 e. The maximum Gasteiger partial charge on any atom is 0.338 e. The van der Waals surface area contributed by atoms with E-state index in [4.69, 9.17) is 9.47 Å². The summed E-state index contributed by atoms with van der Waals surface area (Å²) in [6, 6.07) is 9.15. The van der Waals surface area contributed by atoms with Crippen molar-refractivity contribution in [1.82, 2.24) is 9.80 Å². The molecule has 0 saturated carbocycles. The van der Waals surface area contributed by atoms with Gasteiger partial charge in [-0.3, -0.25) is 9.59 Å². The predicted molar refractivity (Wildman–Crippen MR) is 191 cm³/mol. The lowest BCUT2D eigenvalue weighted by atomic mass is 9.80. The van der Waals surface area contributed by atoms with Gasteiger partial charge in [0.2, 0.25) is 0 Å². The van der Waals surface area contributed by atoms with Crippen molar-refractivity contribution in [3.8, 4) is 0 Å². The molecule has 0 N–H and O–H groups in total. The lowest BCUT2D eigenvalue weighted by molar-refractivity contribution is 0.0486. The van der Waals surface area contributed by atoms with Crippen LogP contribution < -0.4 is 0 Å². The van der Waals surface area contributed by atoms with E-state index in [1.54, 1.807) is 12.1 Å². The molecule has 0 bridgehead atoms. The van der Waals surface area contributed by atoms with Gasteiger partial charge in [-0.1, -0.05) is 48.6 Å². The Morgan fingerprint density at radius 1 is 0.542 bits per heavy atom. The molecule has 256 valence electrons. The average Bonchev–Trinajstić information content (AvgIpc) is 3.10. The third-order valence-corrected chi connectivity index (χ3v) is 8.31. The Morgan fingerprint density at radius 2 is 0.917 bits per heavy atom. The highest BCUT2D eigenvalue weighted by Crippen LogP contribution is 2.32. The van der Waals surface area contributed by atoms with Crippen LogP contribution in [0.25, 0.3) is 0 Å². The van der Waals surface area contributed by atoms with Crippen LogP contribution in [0, 0.1) is 0 Å². The third kappa shape index (κ3) is 10.8. The fourth-order valence-corrected chi connectivity index (χ4v) is 5.71. The lowest BCUT2D eigenvalue weighted by Crippen LogP contribution is -2.28. The highest BCUT2D eigenvalue weighted by molar-refractivity contribution is 6.32. The molecule has 8 heteroatoms. The van der Waals surface area contributed by atoms with E-state index in [1.165, 1.54) is 24.3 Å². The number of fused-ring (bicyclic) bond motifs is 2. The zero-order chi connectivity index (χ0) is 34.7. The second-order valence-corrected chi connectivity index (χ2v) is 11.8. The Balaban J connectivity index is 1.64. The van der Waals surface area contributed by atoms with Crippen LogP contribution in [0.2, 0.25) is 0 Å². The Labute approximate surface area is 285 Å². The van der Waals surface area contributed by atoms with Gasteiger partial charge in [0.05, 0.1) is 24.3 Å². The summed E-state index contributed by atoms with van der Waals surface area (Å²) >= 11 is 0. The van der Waals surface area contributed by atoms with E-state index >= 15 is 0 Å². The monoisotopic (exact) mass is 654 g/mol. The predicted octanol–water partition coefficient (Wildman–Crippen LogP) is 7.24. The van der Waals surface area contributed by atoms with Crippen molar-refractivity contribution in [2.75, 3.05) is 52.5 Å². The van der Waals surface area contributed by atoms with Crippen LogP contribution in [0.3, 0.4) is 0 Å². The molecular formula is C40H50N2O6. The van der Waals surface area contributed by atoms with Crippen LogP contribution in [-0.2, 0) is 9.47 Å². The Hall–Kier alpha value is -4.40. The zero-order valence-electron chi connectivity index (χ0n) is 28.3. The van der Waals surface area contributed by atoms with Crippen molar-refractivity contribution in [2.45, 2.75) is 51.4 Å². The number of carbonyl (C=O) groups is 4. The summed E-state index contributed by atoms with van der Waals surface area (Å²) in [6.45, 7) is 20.9. The molecule has 0 amide bonds. The minimum atomic E-state index is -0.679. The first-order valence-corrected chi connectivity index (χ1v) is 17.0. The summed E-state index contributed by atoms with van der Waals surface area (Å²) in [5, 5.41) is 0. The summed E-state index contributed by atoms with van der Waals surface area (Å²) in [7, 11) is 0. The topological polar surface area (TPSA) is 93.2 Å². The number of hydrogen-bond donors (Lipinski definition) is 0. The van der Waals surface area contributed by atoms with E-state index in [9.17, 15) is 19.2 Å². The van der Waals surface area contributed by atoms with Crippen LogP contribution >= 0.6 is 0 Å². The molecule has 1 aliphatic rings. The molecule has 2 aromatic carbocycles. The van der Waals surface area contributed by atoms with Crippen molar-refractivity contribution < 1.29 is 28.7 Å². The van der Waals surface area contributed by atoms with E-state index < -0.39 is 23.5 Å². The number of esters is 2. The number of hydrogen-bond acceptors (Lipinski definition) is 8. The van der Waals surface area contributed by atoms with Crippen molar-refractivity contribution in [2.24, 2.45) is 0 Å². The van der Waals surface area contributed by atoms with E-state index in [0.717, 1.165) is 77.8 Å². The fourth-order valence-electron chi connectivity index (χ4n) is 5.71. The summed E-state index contributed by atoms with van der Waals surface area (Å²) in [5.74, 6) is -2.36. The van der Waals surface area contributed by atoms with Gasteiger partial charge in [-0.05, 0) is 76.6 Å². The molecule has 2 aromatic rings. The molecule has 3 rings (SSSR count). The maximum absolute atomic E-state index is 13.9. The van der Waals surface area contributed by atoms with Gasteiger partial charge in [-0.2, -0.15) is 0 Å². The van der Waals surface area contributed by atoms with E-state index in [-0.39, 0.29) is 46.6 Å². The van der Waals surface area contributed by atoms with E-state index in [1.807, 2.05) is 24.3 Å². The number of rotatable bonds is 24. The maximum atomic E-state index is 13.9. The van der Waals surface area contributed by atoms with Crippen molar-refractivity contribution >= 4 is 23.5 Å². The zero-order valence-corrected chi connectivity index (χ0v) is 28.3. The number of unbranched alkanes of at least 4 members (excludes halogenated alkanes) is 2. The molecular weight excluding hydrogens is 604 g/mol. The second-order valence-electron chi connectivity index (χ2n) is 11.8. The molecule has 0 aliphatic heterocycles. The molecule has 0 spiro atoms. The normalized spacial score (nSPS) is 12.0. The van der Waals surface area contributed by atoms with Gasteiger partial charge in [0.1, 0.15) is 0 Å². The van der Waals surface area contributed by atoms with Crippen LogP contribution in [0.15, 0.2) is 87.0 Å². The number of benzene rings is 2. The molecule has 8 nitrogen and oxygen atoms in total. The molecule has 0 radical (unpaired) electrons. The standard InChI is InChI=1S/C40H50N2O6/c1-5-9-23-41(24-10-6-2)27-13-15-29-47-39(45)33-21-17-19-31-35(33)38(44)36-32(37(31)43)20-18-22-34(36)40(46)48-30-16-14-28-42(25-11-7-3)26-12-8-4/h5-8,17-22H,1-4,9-16,23-30H2. The molecule has 0 fully saturated rings. The first-order chi connectivity index (χ1) is 23.4. The summed E-state index contributed by atoms with van der Waals surface area (Å²) in [6.07, 6.45) is 14.1. The van der Waals surface area contributed by atoms with Gasteiger partial charge in [0, 0.05) is 48.4 Å². The smallest absolute Gasteiger partial charge is 0.338 e. The summed E-state index contributed by atoms with van der Waals surface area (Å²) < 4.78 is 11.1. The SMILES string of the molecule is C=CCCN(CCC=C)CCCCOC(=O)c1cccc2c1C(=O)c1c(C(=O)OCCCCN(CCC=C)CCC=C)cccc1C2=O. The highest BCUT2D eigenvalue weighted by Gasteiger charge is 2.36. The molecule has 1 aliphatic carbocycles. The Bertz CT molecular complexity index is 1330. The Kier molecular flexibility index (Phi) is 16.5. The van der Waals surface area contributed by atoms with Crippen LogP contribution in [0.4, 0.5) is 0 Å². The van der Waals surface area contributed by atoms with Crippen LogP contribution in [0.1, 0.15) is 104 Å². The highest BCUT2D eigenvalue weighted by atomic mass is 16.5. The van der Waals surface area contributed by atoms with Crippen LogP contribution in [0.5, 0.6) is 0 Å². The largest absolute Gasteiger partial charge is 0.462 e. The van der Waals surface area contributed by atoms with Gasteiger partial charge in [0.25, 0.3) is 0 Å². The first kappa shape index (κ1) is 38.1. The lowest BCUT2D eigenvalue weighted by Gasteiger charge is -2.22. The summed E-state index contributed by atoms with van der Waals surface area (Å²) in [4.78, 5) is 58.6. The van der Waals surface area contributed by atoms with Gasteiger partial charge >= 0.3 is 11.9 Å². The molecule has 48 heavy (non-hydrogen) atoms. The molecule has 0 atom stereocenters. The minimum absolute atomic E-state index is 0.00993. The molecule has 0 unspecified atom stereocenters.